The Hall–Kier alpha value is -2.57. The van der Waals surface area contributed by atoms with Crippen LogP contribution in [0.15, 0.2) is 29.0 Å². The molecule has 1 fully saturated rings. The molecule has 0 radical (unpaired) electrons. The van der Waals surface area contributed by atoms with Crippen molar-refractivity contribution in [1.29, 1.82) is 0 Å². The Morgan fingerprint density at radius 2 is 1.73 bits per heavy atom. The van der Waals surface area contributed by atoms with Crippen molar-refractivity contribution < 1.29 is 13.3 Å². The maximum Gasteiger partial charge on any atom is 0.263 e. The largest absolute Gasteiger partial charge is 0.356 e. The molecule has 7 heteroatoms. The van der Waals surface area contributed by atoms with E-state index in [-0.39, 0.29) is 0 Å². The van der Waals surface area contributed by atoms with Crippen LogP contribution in [0.25, 0.3) is 22.4 Å². The maximum atomic E-state index is 13.5. The van der Waals surface area contributed by atoms with Crippen LogP contribution in [0.3, 0.4) is 0 Å². The minimum absolute atomic E-state index is 0.312. The van der Waals surface area contributed by atoms with E-state index in [9.17, 15) is 8.78 Å². The molecular weight excluding hydrogens is 290 g/mol. The second kappa shape index (κ2) is 5.01. The summed E-state index contributed by atoms with van der Waals surface area (Å²) in [6.07, 6.45) is 3.58. The Kier molecular flexibility index (Phi) is 2.99. The highest BCUT2D eigenvalue weighted by molar-refractivity contribution is 5.97. The van der Waals surface area contributed by atoms with E-state index in [4.69, 9.17) is 4.52 Å². The predicted molar refractivity (Wildman–Crippen MR) is 76.4 cm³/mol. The Labute approximate surface area is 124 Å². The topological polar surface area (TPSA) is 55.1 Å². The molecule has 0 saturated carbocycles. The van der Waals surface area contributed by atoms with Gasteiger partial charge in [-0.05, 0) is 25.0 Å². The molecule has 3 aromatic rings. The Morgan fingerprint density at radius 1 is 1.00 bits per heavy atom. The van der Waals surface area contributed by atoms with E-state index >= 15 is 0 Å². The SMILES string of the molecule is Fc1cc(F)cc(-c2noc3ncnc(N4CCCC4)c23)c1. The fourth-order valence-corrected chi connectivity index (χ4v) is 2.83. The lowest BCUT2D eigenvalue weighted by molar-refractivity contribution is 0.451. The molecule has 0 bridgehead atoms. The number of benzene rings is 1. The normalized spacial score (nSPS) is 14.9. The van der Waals surface area contributed by atoms with Crippen LogP contribution >= 0.6 is 0 Å². The predicted octanol–water partition coefficient (Wildman–Crippen LogP) is 3.16. The van der Waals surface area contributed by atoms with Crippen molar-refractivity contribution in [2.45, 2.75) is 12.8 Å². The summed E-state index contributed by atoms with van der Waals surface area (Å²) in [7, 11) is 0. The summed E-state index contributed by atoms with van der Waals surface area (Å²) in [5.74, 6) is -0.625. The van der Waals surface area contributed by atoms with Crippen LogP contribution in [0.4, 0.5) is 14.6 Å². The van der Waals surface area contributed by atoms with Crippen molar-refractivity contribution in [3.8, 4) is 11.3 Å². The lowest BCUT2D eigenvalue weighted by atomic mass is 10.1. The second-order valence-corrected chi connectivity index (χ2v) is 5.26. The molecule has 0 unspecified atom stereocenters. The van der Waals surface area contributed by atoms with Crippen LogP contribution in [0.1, 0.15) is 12.8 Å². The number of hydrogen-bond acceptors (Lipinski definition) is 5. The molecule has 112 valence electrons. The first-order valence-electron chi connectivity index (χ1n) is 7.04. The molecule has 0 amide bonds. The van der Waals surface area contributed by atoms with Crippen LogP contribution in [-0.2, 0) is 0 Å². The third-order valence-electron chi connectivity index (χ3n) is 3.79. The van der Waals surface area contributed by atoms with Gasteiger partial charge in [-0.15, -0.1) is 0 Å². The van der Waals surface area contributed by atoms with Crippen molar-refractivity contribution in [2.75, 3.05) is 18.0 Å². The lowest BCUT2D eigenvalue weighted by Gasteiger charge is -2.16. The van der Waals surface area contributed by atoms with Crippen LogP contribution < -0.4 is 4.90 Å². The minimum Gasteiger partial charge on any atom is -0.356 e. The highest BCUT2D eigenvalue weighted by Crippen LogP contribution is 2.34. The summed E-state index contributed by atoms with van der Waals surface area (Å²) in [6.45, 7) is 1.77. The van der Waals surface area contributed by atoms with Gasteiger partial charge in [0.05, 0.1) is 0 Å². The smallest absolute Gasteiger partial charge is 0.263 e. The quantitative estimate of drug-likeness (QED) is 0.728. The molecule has 1 aromatic carbocycles. The van der Waals surface area contributed by atoms with E-state index in [2.05, 4.69) is 20.0 Å². The van der Waals surface area contributed by atoms with Gasteiger partial charge in [-0.25, -0.2) is 13.8 Å². The highest BCUT2D eigenvalue weighted by Gasteiger charge is 2.23. The molecule has 0 N–H and O–H groups in total. The first-order valence-corrected chi connectivity index (χ1v) is 7.04. The first kappa shape index (κ1) is 13.1. The van der Waals surface area contributed by atoms with E-state index in [0.29, 0.717) is 28.2 Å². The van der Waals surface area contributed by atoms with Gasteiger partial charge in [-0.3, -0.25) is 0 Å². The molecule has 0 atom stereocenters. The third-order valence-corrected chi connectivity index (χ3v) is 3.79. The average Bonchev–Trinajstić information content (AvgIpc) is 3.15. The third kappa shape index (κ3) is 2.09. The van der Waals surface area contributed by atoms with Gasteiger partial charge >= 0.3 is 0 Å². The molecule has 0 aliphatic carbocycles. The Morgan fingerprint density at radius 3 is 2.45 bits per heavy atom. The van der Waals surface area contributed by atoms with Gasteiger partial charge in [-0.2, -0.15) is 4.98 Å². The number of anilines is 1. The molecule has 0 spiro atoms. The van der Waals surface area contributed by atoms with E-state index in [1.54, 1.807) is 0 Å². The molecule has 4 rings (SSSR count). The second-order valence-electron chi connectivity index (χ2n) is 5.26. The van der Waals surface area contributed by atoms with E-state index in [1.807, 2.05) is 0 Å². The first-order chi connectivity index (χ1) is 10.7. The molecule has 2 aromatic heterocycles. The number of hydrogen-bond donors (Lipinski definition) is 0. The molecule has 5 nitrogen and oxygen atoms in total. The number of rotatable bonds is 2. The fourth-order valence-electron chi connectivity index (χ4n) is 2.83. The Balaban J connectivity index is 1.94. The zero-order chi connectivity index (χ0) is 15.1. The highest BCUT2D eigenvalue weighted by atomic mass is 19.1. The Bertz CT molecular complexity index is 822. The number of fused-ring (bicyclic) bond motifs is 1. The van der Waals surface area contributed by atoms with Crippen molar-refractivity contribution in [3.05, 3.63) is 36.2 Å². The van der Waals surface area contributed by atoms with Gasteiger partial charge in [0, 0.05) is 24.7 Å². The fraction of sp³-hybridized carbons (Fsp3) is 0.267. The zero-order valence-electron chi connectivity index (χ0n) is 11.6. The van der Waals surface area contributed by atoms with Gasteiger partial charge < -0.3 is 9.42 Å². The van der Waals surface area contributed by atoms with Crippen LogP contribution in [0, 0.1) is 11.6 Å². The summed E-state index contributed by atoms with van der Waals surface area (Å²) in [4.78, 5) is 10.5. The van der Waals surface area contributed by atoms with E-state index in [1.165, 1.54) is 18.5 Å². The van der Waals surface area contributed by atoms with Gasteiger partial charge in [-0.1, -0.05) is 5.16 Å². The molecule has 1 aliphatic heterocycles. The lowest BCUT2D eigenvalue weighted by Crippen LogP contribution is -2.19. The average molecular weight is 302 g/mol. The molecule has 1 saturated heterocycles. The summed E-state index contributed by atoms with van der Waals surface area (Å²) in [6, 6.07) is 3.27. The zero-order valence-corrected chi connectivity index (χ0v) is 11.6. The van der Waals surface area contributed by atoms with Gasteiger partial charge in [0.1, 0.15) is 34.9 Å². The van der Waals surface area contributed by atoms with Gasteiger partial charge in [0.25, 0.3) is 5.71 Å². The molecule has 22 heavy (non-hydrogen) atoms. The van der Waals surface area contributed by atoms with Crippen LogP contribution in [-0.4, -0.2) is 28.2 Å². The summed E-state index contributed by atoms with van der Waals surface area (Å²) in [5.41, 5.74) is 0.985. The van der Waals surface area contributed by atoms with Crippen molar-refractivity contribution in [3.63, 3.8) is 0 Å². The van der Waals surface area contributed by atoms with E-state index in [0.717, 1.165) is 32.0 Å². The van der Waals surface area contributed by atoms with Crippen molar-refractivity contribution >= 4 is 16.9 Å². The van der Waals surface area contributed by atoms with Gasteiger partial charge in [0.2, 0.25) is 0 Å². The minimum atomic E-state index is -0.661. The van der Waals surface area contributed by atoms with Crippen LogP contribution in [0.5, 0.6) is 0 Å². The molecule has 3 heterocycles. The summed E-state index contributed by atoms with van der Waals surface area (Å²) >= 11 is 0. The standard InChI is InChI=1S/C15H12F2N4O/c16-10-5-9(6-11(17)7-10)13-12-14(21-3-1-2-4-21)18-8-19-15(12)22-20-13/h5-8H,1-4H2. The van der Waals surface area contributed by atoms with Crippen molar-refractivity contribution in [1.82, 2.24) is 15.1 Å². The molecule has 1 aliphatic rings. The van der Waals surface area contributed by atoms with Crippen molar-refractivity contribution in [2.24, 2.45) is 0 Å². The van der Waals surface area contributed by atoms with E-state index < -0.39 is 11.6 Å². The molecular formula is C15H12F2N4O. The monoisotopic (exact) mass is 302 g/mol. The number of halogens is 2. The van der Waals surface area contributed by atoms with Crippen LogP contribution in [0.2, 0.25) is 0 Å². The number of aromatic nitrogens is 3. The number of nitrogens with zero attached hydrogens (tertiary/aromatic N) is 4. The summed E-state index contributed by atoms with van der Waals surface area (Å²) in [5, 5.41) is 4.53. The maximum absolute atomic E-state index is 13.5. The summed E-state index contributed by atoms with van der Waals surface area (Å²) < 4.78 is 32.2. The van der Waals surface area contributed by atoms with Gasteiger partial charge in [0.15, 0.2) is 0 Å².